The van der Waals surface area contributed by atoms with Gasteiger partial charge >= 0.3 is 0 Å². The number of nitrogens with zero attached hydrogens (tertiary/aromatic N) is 1. The van der Waals surface area contributed by atoms with E-state index in [-0.39, 0.29) is 17.9 Å². The molecule has 1 saturated heterocycles. The number of ether oxygens (including phenoxy) is 2. The average molecular weight is 463 g/mol. The number of piperidine rings is 1. The highest BCUT2D eigenvalue weighted by Gasteiger charge is 2.58. The summed E-state index contributed by atoms with van der Waals surface area (Å²) in [6.07, 6.45) is 6.12. The predicted molar refractivity (Wildman–Crippen MR) is 129 cm³/mol. The first-order chi connectivity index (χ1) is 16.6. The molecule has 0 aromatic heterocycles. The van der Waals surface area contributed by atoms with Crippen molar-refractivity contribution in [3.8, 4) is 11.5 Å². The molecule has 6 nitrogen and oxygen atoms in total. The Morgan fingerprint density at radius 3 is 2.53 bits per heavy atom. The van der Waals surface area contributed by atoms with Gasteiger partial charge in [0.1, 0.15) is 0 Å². The summed E-state index contributed by atoms with van der Waals surface area (Å²) in [7, 11) is 0. The minimum atomic E-state index is -1.42. The number of aliphatic hydroxyl groups is 1. The lowest BCUT2D eigenvalue weighted by Gasteiger charge is -2.33. The molecule has 6 heteroatoms. The maximum atomic E-state index is 13.4. The third kappa shape index (κ3) is 3.97. The van der Waals surface area contributed by atoms with Crippen LogP contribution in [0.5, 0.6) is 11.5 Å². The van der Waals surface area contributed by atoms with Crippen molar-refractivity contribution < 1.29 is 19.4 Å². The summed E-state index contributed by atoms with van der Waals surface area (Å²) in [6, 6.07) is 16.0. The Morgan fingerprint density at radius 1 is 1.03 bits per heavy atom. The maximum absolute atomic E-state index is 13.4. The normalized spacial score (nSPS) is 27.4. The second-order valence-electron chi connectivity index (χ2n) is 10.5. The molecule has 2 saturated carbocycles. The molecule has 34 heavy (non-hydrogen) atoms. The van der Waals surface area contributed by atoms with Gasteiger partial charge in [-0.25, -0.2) is 0 Å². The minimum Gasteiger partial charge on any atom is -0.454 e. The zero-order valence-corrected chi connectivity index (χ0v) is 19.6. The van der Waals surface area contributed by atoms with Crippen molar-refractivity contribution in [2.24, 2.45) is 17.8 Å². The van der Waals surface area contributed by atoms with Gasteiger partial charge in [-0.1, -0.05) is 49.2 Å². The number of aryl methyl sites for hydroxylation is 1. The molecule has 2 unspecified atom stereocenters. The first kappa shape index (κ1) is 21.9. The number of hydrogen-bond donors (Lipinski definition) is 2. The minimum absolute atomic E-state index is 0.00108. The van der Waals surface area contributed by atoms with Crippen LogP contribution in [0.1, 0.15) is 43.2 Å². The van der Waals surface area contributed by atoms with Crippen LogP contribution in [0.25, 0.3) is 0 Å². The third-order valence-corrected chi connectivity index (χ3v) is 8.45. The summed E-state index contributed by atoms with van der Waals surface area (Å²) in [5.41, 5.74) is 0.597. The summed E-state index contributed by atoms with van der Waals surface area (Å²) in [5.74, 6) is 2.52. The zero-order valence-electron chi connectivity index (χ0n) is 19.6. The van der Waals surface area contributed by atoms with Crippen molar-refractivity contribution in [2.75, 3.05) is 26.4 Å². The highest BCUT2D eigenvalue weighted by Crippen LogP contribution is 2.47. The van der Waals surface area contributed by atoms with Gasteiger partial charge in [-0.05, 0) is 67.3 Å². The van der Waals surface area contributed by atoms with Gasteiger partial charge in [0.15, 0.2) is 17.1 Å². The van der Waals surface area contributed by atoms with E-state index in [4.69, 9.17) is 9.47 Å². The topological polar surface area (TPSA) is 71.0 Å². The molecule has 3 fully saturated rings. The molecule has 2 N–H and O–H groups in total. The third-order valence-electron chi connectivity index (χ3n) is 8.45. The lowest BCUT2D eigenvalue weighted by molar-refractivity contribution is -0.147. The SMILES string of the molecule is O=C(NC1[C@H]2CN(CCCc3ccc4c(c3)OCO4)C[C@@H]12)C(O)(c1ccccc1)C1CCCC1. The van der Waals surface area contributed by atoms with Crippen LogP contribution in [0.2, 0.25) is 0 Å². The summed E-state index contributed by atoms with van der Waals surface area (Å²) < 4.78 is 10.9. The van der Waals surface area contributed by atoms with Crippen LogP contribution in [0, 0.1) is 17.8 Å². The van der Waals surface area contributed by atoms with Crippen LogP contribution < -0.4 is 14.8 Å². The van der Waals surface area contributed by atoms with Gasteiger partial charge in [-0.2, -0.15) is 0 Å². The molecular weight excluding hydrogens is 428 g/mol. The molecule has 4 aliphatic rings. The zero-order chi connectivity index (χ0) is 23.1. The second kappa shape index (κ2) is 8.90. The van der Waals surface area contributed by atoms with Crippen LogP contribution >= 0.6 is 0 Å². The number of rotatable bonds is 8. The fourth-order valence-electron chi connectivity index (χ4n) is 6.46. The van der Waals surface area contributed by atoms with Gasteiger partial charge < -0.3 is 24.8 Å². The Kier molecular flexibility index (Phi) is 5.74. The Balaban J connectivity index is 1.01. The number of hydrogen-bond acceptors (Lipinski definition) is 5. The maximum Gasteiger partial charge on any atom is 0.257 e. The number of fused-ring (bicyclic) bond motifs is 2. The summed E-state index contributed by atoms with van der Waals surface area (Å²) in [4.78, 5) is 16.0. The number of amides is 1. The Bertz CT molecular complexity index is 1030. The summed E-state index contributed by atoms with van der Waals surface area (Å²) >= 11 is 0. The predicted octanol–water partition coefficient (Wildman–Crippen LogP) is 3.47. The van der Waals surface area contributed by atoms with Crippen LogP contribution in [-0.2, 0) is 16.8 Å². The van der Waals surface area contributed by atoms with Crippen LogP contribution in [0.15, 0.2) is 48.5 Å². The van der Waals surface area contributed by atoms with Gasteiger partial charge in [0.05, 0.1) is 0 Å². The smallest absolute Gasteiger partial charge is 0.257 e. The molecule has 2 aliphatic heterocycles. The van der Waals surface area contributed by atoms with Crippen LogP contribution in [-0.4, -0.2) is 48.4 Å². The fraction of sp³-hybridized carbons (Fsp3) is 0.536. The van der Waals surface area contributed by atoms with Crippen molar-refractivity contribution in [3.63, 3.8) is 0 Å². The Morgan fingerprint density at radius 2 is 1.76 bits per heavy atom. The van der Waals surface area contributed by atoms with Crippen molar-refractivity contribution in [3.05, 3.63) is 59.7 Å². The molecular formula is C28H34N2O4. The van der Waals surface area contributed by atoms with Crippen LogP contribution in [0.4, 0.5) is 0 Å². The van der Waals surface area contributed by atoms with Crippen molar-refractivity contribution >= 4 is 5.91 Å². The fourth-order valence-corrected chi connectivity index (χ4v) is 6.46. The van der Waals surface area contributed by atoms with Crippen LogP contribution in [0.3, 0.4) is 0 Å². The quantitative estimate of drug-likeness (QED) is 0.629. The molecule has 0 radical (unpaired) electrons. The van der Waals surface area contributed by atoms with Gasteiger partial charge in [0.25, 0.3) is 5.91 Å². The second-order valence-corrected chi connectivity index (χ2v) is 10.5. The standard InChI is InChI=1S/C28H34N2O4/c31-27(28(32,21-10-4-5-11-21)20-8-2-1-3-9-20)29-26-22-16-30(17-23(22)26)14-6-7-19-12-13-24-25(15-19)34-18-33-24/h1-3,8-9,12-13,15,21-23,26,32H,4-7,10-11,14,16-18H2,(H,29,31)/t22-,23+,26?,28?. The molecule has 2 aliphatic carbocycles. The van der Waals surface area contributed by atoms with E-state index in [1.807, 2.05) is 36.4 Å². The van der Waals surface area contributed by atoms with E-state index in [0.29, 0.717) is 18.6 Å². The molecule has 180 valence electrons. The van der Waals surface area contributed by atoms with Gasteiger partial charge in [-0.3, -0.25) is 4.79 Å². The molecule has 2 heterocycles. The summed E-state index contributed by atoms with van der Waals surface area (Å²) in [5, 5.41) is 14.9. The number of nitrogens with one attached hydrogen (secondary N) is 1. The van der Waals surface area contributed by atoms with Gasteiger partial charge in [-0.15, -0.1) is 0 Å². The van der Waals surface area contributed by atoms with Gasteiger partial charge in [0, 0.05) is 25.0 Å². The van der Waals surface area contributed by atoms with Crippen molar-refractivity contribution in [1.29, 1.82) is 0 Å². The lowest BCUT2D eigenvalue weighted by Crippen LogP contribution is -2.51. The first-order valence-electron chi connectivity index (χ1n) is 12.8. The van der Waals surface area contributed by atoms with Crippen molar-refractivity contribution in [1.82, 2.24) is 10.2 Å². The molecule has 0 bridgehead atoms. The molecule has 4 atom stereocenters. The van der Waals surface area contributed by atoms with E-state index < -0.39 is 5.60 Å². The number of carbonyl (C=O) groups is 1. The number of likely N-dealkylation sites (tertiary alicyclic amines) is 1. The molecule has 0 spiro atoms. The highest BCUT2D eigenvalue weighted by molar-refractivity contribution is 5.87. The average Bonchev–Trinajstić information content (AvgIpc) is 3.41. The number of carbonyl (C=O) groups excluding carboxylic acids is 1. The van der Waals surface area contributed by atoms with Gasteiger partial charge in [0.2, 0.25) is 6.79 Å². The van der Waals surface area contributed by atoms with E-state index in [0.717, 1.165) is 75.2 Å². The van der Waals surface area contributed by atoms with E-state index in [9.17, 15) is 9.90 Å². The lowest BCUT2D eigenvalue weighted by atomic mass is 9.79. The Labute approximate surface area is 201 Å². The highest BCUT2D eigenvalue weighted by atomic mass is 16.7. The molecule has 2 aromatic rings. The molecule has 1 amide bonds. The van der Waals surface area contributed by atoms with E-state index in [1.165, 1.54) is 5.56 Å². The van der Waals surface area contributed by atoms with E-state index in [1.54, 1.807) is 0 Å². The largest absolute Gasteiger partial charge is 0.454 e. The van der Waals surface area contributed by atoms with E-state index in [2.05, 4.69) is 22.3 Å². The first-order valence-corrected chi connectivity index (χ1v) is 12.8. The van der Waals surface area contributed by atoms with Crippen molar-refractivity contribution in [2.45, 2.75) is 50.2 Å². The number of benzene rings is 2. The molecule has 2 aromatic carbocycles. The summed E-state index contributed by atoms with van der Waals surface area (Å²) in [6.45, 7) is 3.45. The Hall–Kier alpha value is -2.57. The monoisotopic (exact) mass is 462 g/mol. The van der Waals surface area contributed by atoms with E-state index >= 15 is 0 Å². The molecule has 6 rings (SSSR count).